The van der Waals surface area contributed by atoms with Crippen LogP contribution in [0.15, 0.2) is 0 Å². The summed E-state index contributed by atoms with van der Waals surface area (Å²) in [6.07, 6.45) is 6.60. The normalized spacial score (nSPS) is 25.9. The lowest BCUT2D eigenvalue weighted by Gasteiger charge is -2.39. The maximum atomic E-state index is 13.1. The van der Waals surface area contributed by atoms with Crippen molar-refractivity contribution in [2.45, 2.75) is 71.4 Å². The molecular weight excluding hydrogens is 302 g/mol. The zero-order valence-electron chi connectivity index (χ0n) is 15.3. The third-order valence-electron chi connectivity index (χ3n) is 5.75. The minimum atomic E-state index is 0.0812. The number of piperidine rings is 2. The van der Waals surface area contributed by atoms with Gasteiger partial charge in [-0.3, -0.25) is 4.79 Å². The SMILES string of the molecule is CCCC1C(C)CCCN1C(=O)c1nnn(C2CCNCC2)c1C. The Morgan fingerprint density at radius 2 is 2.04 bits per heavy atom. The third kappa shape index (κ3) is 3.34. The van der Waals surface area contributed by atoms with Crippen LogP contribution < -0.4 is 5.32 Å². The number of carbonyl (C=O) groups excluding carboxylic acids is 1. The average Bonchev–Trinajstić information content (AvgIpc) is 2.98. The Kier molecular flexibility index (Phi) is 5.54. The second-order valence-electron chi connectivity index (χ2n) is 7.42. The van der Waals surface area contributed by atoms with Gasteiger partial charge in [0.2, 0.25) is 0 Å². The van der Waals surface area contributed by atoms with Gasteiger partial charge in [-0.2, -0.15) is 0 Å². The van der Waals surface area contributed by atoms with Gasteiger partial charge in [0, 0.05) is 12.6 Å². The van der Waals surface area contributed by atoms with E-state index in [-0.39, 0.29) is 5.91 Å². The highest BCUT2D eigenvalue weighted by atomic mass is 16.2. The molecule has 2 saturated heterocycles. The van der Waals surface area contributed by atoms with Gasteiger partial charge in [0.25, 0.3) is 5.91 Å². The van der Waals surface area contributed by atoms with E-state index in [1.54, 1.807) is 0 Å². The molecule has 0 saturated carbocycles. The van der Waals surface area contributed by atoms with Crippen LogP contribution in [0.3, 0.4) is 0 Å². The summed E-state index contributed by atoms with van der Waals surface area (Å²) in [5.74, 6) is 0.653. The van der Waals surface area contributed by atoms with Gasteiger partial charge in [-0.15, -0.1) is 5.10 Å². The van der Waals surface area contributed by atoms with Crippen LogP contribution in [0.4, 0.5) is 0 Å². The van der Waals surface area contributed by atoms with Gasteiger partial charge < -0.3 is 10.2 Å². The maximum Gasteiger partial charge on any atom is 0.276 e. The van der Waals surface area contributed by atoms with E-state index in [0.717, 1.165) is 57.4 Å². The molecule has 2 aliphatic heterocycles. The molecule has 0 radical (unpaired) electrons. The molecule has 1 N–H and O–H groups in total. The molecule has 0 bridgehead atoms. The van der Waals surface area contributed by atoms with Crippen LogP contribution in [-0.4, -0.2) is 51.5 Å². The summed E-state index contributed by atoms with van der Waals surface area (Å²) in [6.45, 7) is 9.34. The number of nitrogens with zero attached hydrogens (tertiary/aromatic N) is 4. The average molecular weight is 333 g/mol. The van der Waals surface area contributed by atoms with Crippen molar-refractivity contribution in [1.29, 1.82) is 0 Å². The topological polar surface area (TPSA) is 63.1 Å². The molecule has 24 heavy (non-hydrogen) atoms. The van der Waals surface area contributed by atoms with E-state index in [2.05, 4.69) is 34.4 Å². The number of likely N-dealkylation sites (tertiary alicyclic amines) is 1. The first-order valence-corrected chi connectivity index (χ1v) is 9.57. The van der Waals surface area contributed by atoms with Crippen LogP contribution in [0.2, 0.25) is 0 Å². The minimum absolute atomic E-state index is 0.0812. The summed E-state index contributed by atoms with van der Waals surface area (Å²) in [4.78, 5) is 15.2. The molecule has 6 heteroatoms. The molecule has 2 fully saturated rings. The summed E-state index contributed by atoms with van der Waals surface area (Å²) in [7, 11) is 0. The minimum Gasteiger partial charge on any atom is -0.334 e. The van der Waals surface area contributed by atoms with Crippen LogP contribution in [-0.2, 0) is 0 Å². The molecular formula is C18H31N5O. The van der Waals surface area contributed by atoms with E-state index in [4.69, 9.17) is 0 Å². The monoisotopic (exact) mass is 333 g/mol. The zero-order valence-corrected chi connectivity index (χ0v) is 15.3. The number of rotatable bonds is 4. The number of carbonyl (C=O) groups is 1. The van der Waals surface area contributed by atoms with Gasteiger partial charge in [-0.25, -0.2) is 4.68 Å². The lowest BCUT2D eigenvalue weighted by Crippen LogP contribution is -2.48. The van der Waals surface area contributed by atoms with Crippen molar-refractivity contribution < 1.29 is 4.79 Å². The fourth-order valence-electron chi connectivity index (χ4n) is 4.31. The van der Waals surface area contributed by atoms with Crippen molar-refractivity contribution in [2.24, 2.45) is 5.92 Å². The fourth-order valence-corrected chi connectivity index (χ4v) is 4.31. The van der Waals surface area contributed by atoms with Crippen molar-refractivity contribution in [2.75, 3.05) is 19.6 Å². The second-order valence-corrected chi connectivity index (χ2v) is 7.42. The Balaban J connectivity index is 1.80. The van der Waals surface area contributed by atoms with E-state index < -0.39 is 0 Å². The van der Waals surface area contributed by atoms with Crippen LogP contribution in [0.25, 0.3) is 0 Å². The molecule has 2 aliphatic rings. The molecule has 0 spiro atoms. The zero-order chi connectivity index (χ0) is 17.1. The van der Waals surface area contributed by atoms with Crippen molar-refractivity contribution in [3.05, 3.63) is 11.4 Å². The highest BCUT2D eigenvalue weighted by molar-refractivity contribution is 5.93. The smallest absolute Gasteiger partial charge is 0.276 e. The van der Waals surface area contributed by atoms with Crippen molar-refractivity contribution >= 4 is 5.91 Å². The largest absolute Gasteiger partial charge is 0.334 e. The Bertz CT molecular complexity index is 564. The van der Waals surface area contributed by atoms with Crippen LogP contribution >= 0.6 is 0 Å². The van der Waals surface area contributed by atoms with Crippen molar-refractivity contribution in [3.8, 4) is 0 Å². The molecule has 6 nitrogen and oxygen atoms in total. The Labute approximate surface area is 145 Å². The predicted octanol–water partition coefficient (Wildman–Crippen LogP) is 2.55. The number of hydrogen-bond donors (Lipinski definition) is 1. The Hall–Kier alpha value is -1.43. The van der Waals surface area contributed by atoms with Crippen molar-refractivity contribution in [1.82, 2.24) is 25.2 Å². The number of amides is 1. The molecule has 1 aromatic rings. The van der Waals surface area contributed by atoms with Crippen LogP contribution in [0, 0.1) is 12.8 Å². The quantitative estimate of drug-likeness (QED) is 0.920. The van der Waals surface area contributed by atoms with Gasteiger partial charge in [-0.1, -0.05) is 25.5 Å². The first kappa shape index (κ1) is 17.4. The molecule has 134 valence electrons. The third-order valence-corrected chi connectivity index (χ3v) is 5.75. The van der Waals surface area contributed by atoms with Gasteiger partial charge in [0.05, 0.1) is 11.7 Å². The first-order valence-electron chi connectivity index (χ1n) is 9.57. The Morgan fingerprint density at radius 1 is 1.29 bits per heavy atom. The molecule has 0 aromatic carbocycles. The molecule has 2 atom stereocenters. The summed E-state index contributed by atoms with van der Waals surface area (Å²) in [5, 5.41) is 12.0. The summed E-state index contributed by atoms with van der Waals surface area (Å²) in [5.41, 5.74) is 1.49. The lowest BCUT2D eigenvalue weighted by atomic mass is 9.87. The lowest BCUT2D eigenvalue weighted by molar-refractivity contribution is 0.0490. The number of aromatic nitrogens is 3. The van der Waals surface area contributed by atoms with Crippen LogP contribution in [0.5, 0.6) is 0 Å². The number of hydrogen-bond acceptors (Lipinski definition) is 4. The van der Waals surface area contributed by atoms with E-state index in [1.165, 1.54) is 6.42 Å². The molecule has 3 heterocycles. The molecule has 1 aromatic heterocycles. The first-order chi connectivity index (χ1) is 11.6. The fraction of sp³-hybridized carbons (Fsp3) is 0.833. The van der Waals surface area contributed by atoms with Gasteiger partial charge in [-0.05, 0) is 58.0 Å². The standard InChI is InChI=1S/C18H31N5O/c1-4-6-16-13(2)7-5-12-22(16)18(24)17-14(3)23(21-20-17)15-8-10-19-11-9-15/h13,15-16,19H,4-12H2,1-3H3. The second kappa shape index (κ2) is 7.64. The highest BCUT2D eigenvalue weighted by Crippen LogP contribution is 2.29. The van der Waals surface area contributed by atoms with E-state index in [9.17, 15) is 4.79 Å². The van der Waals surface area contributed by atoms with Crippen LogP contribution in [0.1, 0.15) is 74.6 Å². The van der Waals surface area contributed by atoms with E-state index in [0.29, 0.717) is 23.7 Å². The molecule has 0 aliphatic carbocycles. The van der Waals surface area contributed by atoms with Gasteiger partial charge in [0.1, 0.15) is 0 Å². The molecule has 3 rings (SSSR count). The van der Waals surface area contributed by atoms with Gasteiger partial charge >= 0.3 is 0 Å². The predicted molar refractivity (Wildman–Crippen MR) is 94.0 cm³/mol. The number of nitrogens with one attached hydrogen (secondary N) is 1. The van der Waals surface area contributed by atoms with Crippen molar-refractivity contribution in [3.63, 3.8) is 0 Å². The van der Waals surface area contributed by atoms with E-state index >= 15 is 0 Å². The maximum absolute atomic E-state index is 13.1. The molecule has 1 amide bonds. The highest BCUT2D eigenvalue weighted by Gasteiger charge is 2.34. The van der Waals surface area contributed by atoms with Gasteiger partial charge in [0.15, 0.2) is 5.69 Å². The summed E-state index contributed by atoms with van der Waals surface area (Å²) < 4.78 is 1.98. The Morgan fingerprint density at radius 3 is 2.75 bits per heavy atom. The van der Waals surface area contributed by atoms with E-state index in [1.807, 2.05) is 11.6 Å². The molecule has 2 unspecified atom stereocenters. The summed E-state index contributed by atoms with van der Waals surface area (Å²) in [6, 6.07) is 0.715. The summed E-state index contributed by atoms with van der Waals surface area (Å²) >= 11 is 0.